The number of amides is 3. The maximum atomic E-state index is 13.9. The molecule has 0 bridgehead atoms. The number of aryl methyl sites for hydroxylation is 2. The molecule has 0 aliphatic heterocycles. The second kappa shape index (κ2) is 21.9. The molecule has 0 saturated heterocycles. The van der Waals surface area contributed by atoms with Crippen LogP contribution in [0.15, 0.2) is 78.9 Å². The van der Waals surface area contributed by atoms with Gasteiger partial charge in [0.1, 0.15) is 18.7 Å². The van der Waals surface area contributed by atoms with Gasteiger partial charge in [-0.2, -0.15) is 0 Å². The van der Waals surface area contributed by atoms with Crippen molar-refractivity contribution in [2.75, 3.05) is 19.7 Å². The molecule has 3 atom stereocenters. The molecule has 7 N–H and O–H groups in total. The van der Waals surface area contributed by atoms with Crippen LogP contribution in [0.2, 0.25) is 0 Å². The number of ether oxygens (including phenoxy) is 2. The van der Waals surface area contributed by atoms with Gasteiger partial charge in [0.05, 0.1) is 11.6 Å². The van der Waals surface area contributed by atoms with E-state index in [0.29, 0.717) is 44.3 Å². The van der Waals surface area contributed by atoms with Gasteiger partial charge in [0, 0.05) is 6.42 Å². The van der Waals surface area contributed by atoms with Crippen LogP contribution in [0, 0.1) is 13.8 Å². The number of carbonyl (C=O) groups is 5. The van der Waals surface area contributed by atoms with Gasteiger partial charge in [0.15, 0.2) is 12.4 Å². The number of hydrogen-bond donors (Lipinski definition) is 5. The highest BCUT2D eigenvalue weighted by Crippen LogP contribution is 2.15. The van der Waals surface area contributed by atoms with Crippen LogP contribution in [0.5, 0.6) is 0 Å². The largest absolute Gasteiger partial charge is 0.454 e. The van der Waals surface area contributed by atoms with Crippen LogP contribution in [-0.2, 0) is 36.9 Å². The fraction of sp³-hybridized carbons (Fsp3) is 0.410. The van der Waals surface area contributed by atoms with Crippen molar-refractivity contribution >= 4 is 29.7 Å². The molecule has 274 valence electrons. The minimum absolute atomic E-state index is 0.0162. The summed E-state index contributed by atoms with van der Waals surface area (Å²) < 4.78 is 10.8. The lowest BCUT2D eigenvalue weighted by atomic mass is 10.0. The Hall–Kier alpha value is -5.07. The van der Waals surface area contributed by atoms with Gasteiger partial charge in [-0.25, -0.2) is 9.59 Å². The van der Waals surface area contributed by atoms with Gasteiger partial charge in [-0.15, -0.1) is 0 Å². The Bertz CT molecular complexity index is 1550. The number of nitrogens with one attached hydrogen (secondary N) is 3. The predicted molar refractivity (Wildman–Crippen MR) is 195 cm³/mol. The lowest BCUT2D eigenvalue weighted by Crippen LogP contribution is -2.56. The summed E-state index contributed by atoms with van der Waals surface area (Å²) in [5.74, 6) is -2.32. The molecule has 0 heterocycles. The van der Waals surface area contributed by atoms with Crippen molar-refractivity contribution in [1.82, 2.24) is 16.0 Å². The Kier molecular flexibility index (Phi) is 17.3. The van der Waals surface area contributed by atoms with Crippen LogP contribution in [0.1, 0.15) is 71.1 Å². The smallest absolute Gasteiger partial charge is 0.408 e. The van der Waals surface area contributed by atoms with E-state index in [1.54, 1.807) is 26.0 Å². The van der Waals surface area contributed by atoms with Gasteiger partial charge < -0.3 is 36.9 Å². The molecule has 0 unspecified atom stereocenters. The Morgan fingerprint density at radius 2 is 1.14 bits per heavy atom. The third-order valence-electron chi connectivity index (χ3n) is 8.37. The number of nitrogens with two attached hydrogens (primary N) is 2. The standard InChI is InChI=1S/C39H51N5O7/c1-27-14-13-15-28(2)35(27)38(48)50-26-34(45)31(20-9-11-22-40)42-37(47)33(24-29-16-5-3-6-17-29)43-36(46)32(21-10-12-23-41)44-39(49)51-25-30-18-7-4-8-19-30/h3-8,13-19,31-33H,9-12,20-26,40-41H2,1-2H3,(H,42,47)(H,43,46)(H,44,49)/t31-,32-,33-/m0/s1. The number of benzene rings is 3. The molecule has 0 aliphatic carbocycles. The zero-order valence-electron chi connectivity index (χ0n) is 29.5. The molecule has 0 aromatic heterocycles. The fourth-order valence-corrected chi connectivity index (χ4v) is 5.52. The number of esters is 1. The maximum Gasteiger partial charge on any atom is 0.408 e. The number of ketones is 1. The summed E-state index contributed by atoms with van der Waals surface area (Å²) in [5, 5.41) is 8.23. The Morgan fingerprint density at radius 3 is 1.73 bits per heavy atom. The van der Waals surface area contributed by atoms with Crippen molar-refractivity contribution in [2.24, 2.45) is 11.5 Å². The molecule has 0 fully saturated rings. The van der Waals surface area contributed by atoms with E-state index in [1.165, 1.54) is 0 Å². The zero-order chi connectivity index (χ0) is 37.0. The first-order chi connectivity index (χ1) is 24.6. The maximum absolute atomic E-state index is 13.9. The molecule has 12 nitrogen and oxygen atoms in total. The Balaban J connectivity index is 1.76. The zero-order valence-corrected chi connectivity index (χ0v) is 29.5. The Labute approximate surface area is 300 Å². The van der Waals surface area contributed by atoms with Crippen molar-refractivity contribution in [3.8, 4) is 0 Å². The van der Waals surface area contributed by atoms with Crippen LogP contribution in [0.3, 0.4) is 0 Å². The summed E-state index contributed by atoms with van der Waals surface area (Å²) >= 11 is 0. The van der Waals surface area contributed by atoms with Gasteiger partial charge >= 0.3 is 12.1 Å². The summed E-state index contributed by atoms with van der Waals surface area (Å²) in [6, 6.07) is 20.5. The fourth-order valence-electron chi connectivity index (χ4n) is 5.52. The van der Waals surface area contributed by atoms with E-state index in [2.05, 4.69) is 16.0 Å². The van der Waals surface area contributed by atoms with Crippen molar-refractivity contribution < 1.29 is 33.4 Å². The van der Waals surface area contributed by atoms with E-state index in [1.807, 2.05) is 66.7 Å². The molecule has 0 spiro atoms. The molecular weight excluding hydrogens is 650 g/mol. The van der Waals surface area contributed by atoms with E-state index < -0.39 is 54.4 Å². The summed E-state index contributed by atoms with van der Waals surface area (Å²) in [4.78, 5) is 66.7. The molecular formula is C39H51N5O7. The molecule has 0 saturated carbocycles. The van der Waals surface area contributed by atoms with Gasteiger partial charge in [-0.1, -0.05) is 78.9 Å². The summed E-state index contributed by atoms with van der Waals surface area (Å²) in [7, 11) is 0. The van der Waals surface area contributed by atoms with Gasteiger partial charge in [0.2, 0.25) is 11.8 Å². The van der Waals surface area contributed by atoms with E-state index in [9.17, 15) is 24.0 Å². The SMILES string of the molecule is Cc1cccc(C)c1C(=O)OCC(=O)[C@H](CCCCN)NC(=O)[C@H](Cc1ccccc1)NC(=O)[C@H](CCCCN)NC(=O)OCc1ccccc1. The molecule has 51 heavy (non-hydrogen) atoms. The first kappa shape index (κ1) is 40.4. The summed E-state index contributed by atoms with van der Waals surface area (Å²) in [6.45, 7) is 3.85. The number of Topliss-reactive ketones (excluding diaryl/α,β-unsaturated/α-hetero) is 1. The Morgan fingerprint density at radius 1 is 0.608 bits per heavy atom. The lowest BCUT2D eigenvalue weighted by Gasteiger charge is -2.25. The third kappa shape index (κ3) is 14.0. The molecule has 3 aromatic carbocycles. The quantitative estimate of drug-likeness (QED) is 0.0812. The van der Waals surface area contributed by atoms with Crippen LogP contribution >= 0.6 is 0 Å². The van der Waals surface area contributed by atoms with Crippen LogP contribution in [-0.4, -0.2) is 67.5 Å². The second-order valence-corrected chi connectivity index (χ2v) is 12.4. The van der Waals surface area contributed by atoms with Gasteiger partial charge in [-0.05, 0) is 87.7 Å². The highest BCUT2D eigenvalue weighted by atomic mass is 16.5. The molecule has 3 amide bonds. The number of rotatable bonds is 21. The van der Waals surface area contributed by atoms with Crippen molar-refractivity contribution in [3.63, 3.8) is 0 Å². The molecule has 3 aromatic rings. The number of alkyl carbamates (subject to hydrolysis) is 1. The van der Waals surface area contributed by atoms with Crippen molar-refractivity contribution in [3.05, 3.63) is 107 Å². The predicted octanol–water partition coefficient (Wildman–Crippen LogP) is 3.79. The number of hydrogen-bond acceptors (Lipinski definition) is 9. The lowest BCUT2D eigenvalue weighted by molar-refractivity contribution is -0.133. The first-order valence-electron chi connectivity index (χ1n) is 17.4. The van der Waals surface area contributed by atoms with E-state index >= 15 is 0 Å². The summed E-state index contributed by atoms with van der Waals surface area (Å²) in [5.41, 5.74) is 14.8. The topological polar surface area (TPSA) is 192 Å². The normalized spacial score (nSPS) is 12.5. The molecule has 0 aliphatic rings. The average molecular weight is 702 g/mol. The first-order valence-corrected chi connectivity index (χ1v) is 17.4. The van der Waals surface area contributed by atoms with Gasteiger partial charge in [0.25, 0.3) is 0 Å². The average Bonchev–Trinajstić information content (AvgIpc) is 3.12. The summed E-state index contributed by atoms with van der Waals surface area (Å²) in [6.07, 6.45) is 2.16. The number of carbonyl (C=O) groups excluding carboxylic acids is 5. The van der Waals surface area contributed by atoms with E-state index in [-0.39, 0.29) is 25.9 Å². The number of unbranched alkanes of at least 4 members (excludes halogenated alkanes) is 2. The third-order valence-corrected chi connectivity index (χ3v) is 8.37. The highest BCUT2D eigenvalue weighted by molar-refractivity contribution is 5.97. The second-order valence-electron chi connectivity index (χ2n) is 12.4. The van der Waals surface area contributed by atoms with Crippen molar-refractivity contribution in [2.45, 2.75) is 83.5 Å². The van der Waals surface area contributed by atoms with Crippen molar-refractivity contribution in [1.29, 1.82) is 0 Å². The molecule has 12 heteroatoms. The minimum Gasteiger partial charge on any atom is -0.454 e. The molecule has 3 rings (SSSR count). The minimum atomic E-state index is -1.11. The van der Waals surface area contributed by atoms with Crippen LogP contribution in [0.4, 0.5) is 4.79 Å². The van der Waals surface area contributed by atoms with Crippen LogP contribution < -0.4 is 27.4 Å². The van der Waals surface area contributed by atoms with E-state index in [4.69, 9.17) is 20.9 Å². The highest BCUT2D eigenvalue weighted by Gasteiger charge is 2.30. The monoisotopic (exact) mass is 701 g/mol. The van der Waals surface area contributed by atoms with E-state index in [0.717, 1.165) is 22.3 Å². The van der Waals surface area contributed by atoms with Gasteiger partial charge in [-0.3, -0.25) is 14.4 Å². The molecule has 0 radical (unpaired) electrons. The van der Waals surface area contributed by atoms with Crippen LogP contribution in [0.25, 0.3) is 0 Å².